The van der Waals surface area contributed by atoms with Crippen LogP contribution in [0.1, 0.15) is 88.7 Å². The zero-order valence-corrected chi connectivity index (χ0v) is 18.0. The fourth-order valence-electron chi connectivity index (χ4n) is 5.15. The Morgan fingerprint density at radius 2 is 1.52 bits per heavy atom. The Bertz CT molecular complexity index is 700. The van der Waals surface area contributed by atoms with E-state index in [0.29, 0.717) is 11.8 Å². The normalized spacial score (nSPS) is 27.1. The minimum Gasteiger partial charge on any atom is -0.206 e. The highest BCUT2D eigenvalue weighted by Crippen LogP contribution is 2.34. The molecule has 0 nitrogen and oxygen atoms in total. The van der Waals surface area contributed by atoms with Crippen molar-refractivity contribution in [2.45, 2.75) is 84.0 Å². The first-order valence-corrected chi connectivity index (χ1v) is 11.7. The molecular formula is C27H36F2. The summed E-state index contributed by atoms with van der Waals surface area (Å²) in [4.78, 5) is 0. The molecule has 0 N–H and O–H groups in total. The van der Waals surface area contributed by atoms with Crippen LogP contribution in [0, 0.1) is 47.1 Å². The molecule has 158 valence electrons. The summed E-state index contributed by atoms with van der Waals surface area (Å²) < 4.78 is 29.1. The van der Waals surface area contributed by atoms with E-state index in [1.807, 2.05) is 6.08 Å². The van der Waals surface area contributed by atoms with Gasteiger partial charge in [-0.2, -0.15) is 0 Å². The minimum atomic E-state index is -0.501. The summed E-state index contributed by atoms with van der Waals surface area (Å²) in [7, 11) is 0. The van der Waals surface area contributed by atoms with E-state index in [0.717, 1.165) is 50.0 Å². The van der Waals surface area contributed by atoms with Gasteiger partial charge < -0.3 is 0 Å². The molecule has 2 heteroatoms. The number of hydrogen-bond donors (Lipinski definition) is 0. The second kappa shape index (κ2) is 11.0. The van der Waals surface area contributed by atoms with Gasteiger partial charge in [-0.3, -0.25) is 0 Å². The number of benzene rings is 1. The molecule has 29 heavy (non-hydrogen) atoms. The summed E-state index contributed by atoms with van der Waals surface area (Å²) in [5.41, 5.74) is 0.715. The first-order valence-electron chi connectivity index (χ1n) is 11.7. The van der Waals surface area contributed by atoms with Crippen molar-refractivity contribution in [3.05, 3.63) is 47.5 Å². The van der Waals surface area contributed by atoms with Crippen molar-refractivity contribution in [2.24, 2.45) is 23.7 Å². The van der Waals surface area contributed by atoms with Gasteiger partial charge in [-0.05, 0) is 74.0 Å². The van der Waals surface area contributed by atoms with Crippen molar-refractivity contribution < 1.29 is 8.78 Å². The van der Waals surface area contributed by atoms with E-state index >= 15 is 0 Å². The van der Waals surface area contributed by atoms with Gasteiger partial charge in [0.2, 0.25) is 0 Å². The third-order valence-electron chi connectivity index (χ3n) is 7.11. The van der Waals surface area contributed by atoms with Crippen LogP contribution in [-0.4, -0.2) is 0 Å². The predicted octanol–water partition coefficient (Wildman–Crippen LogP) is 7.85. The lowest BCUT2D eigenvalue weighted by atomic mass is 9.78. The largest absolute Gasteiger partial charge is 0.206 e. The van der Waals surface area contributed by atoms with E-state index < -0.39 is 11.6 Å². The van der Waals surface area contributed by atoms with Crippen LogP contribution in [0.5, 0.6) is 0 Å². The smallest absolute Gasteiger partial charge is 0.142 e. The molecule has 3 rings (SSSR count). The fourth-order valence-corrected chi connectivity index (χ4v) is 5.15. The molecule has 1 aromatic rings. The van der Waals surface area contributed by atoms with Crippen LogP contribution in [0.15, 0.2) is 24.8 Å². The maximum Gasteiger partial charge on any atom is 0.142 e. The molecule has 0 amide bonds. The lowest BCUT2D eigenvalue weighted by Gasteiger charge is -2.28. The summed E-state index contributed by atoms with van der Waals surface area (Å²) in [6.45, 7) is 6.12. The first kappa shape index (κ1) is 22.1. The Morgan fingerprint density at radius 3 is 2.07 bits per heavy atom. The lowest BCUT2D eigenvalue weighted by molar-refractivity contribution is 0.252. The summed E-state index contributed by atoms with van der Waals surface area (Å²) in [6.07, 6.45) is 15.8. The number of allylic oxidation sites excluding steroid dienone is 1. The molecule has 0 radical (unpaired) electrons. The Hall–Kier alpha value is -1.62. The maximum atomic E-state index is 14.5. The quantitative estimate of drug-likeness (QED) is 0.338. The summed E-state index contributed by atoms with van der Waals surface area (Å²) in [5.74, 6) is 7.34. The van der Waals surface area contributed by atoms with Gasteiger partial charge in [0, 0.05) is 5.92 Å². The van der Waals surface area contributed by atoms with Crippen LogP contribution in [0.25, 0.3) is 0 Å². The van der Waals surface area contributed by atoms with E-state index in [1.54, 1.807) is 0 Å². The third-order valence-corrected chi connectivity index (χ3v) is 7.11. The average Bonchev–Trinajstić information content (AvgIpc) is 2.73. The van der Waals surface area contributed by atoms with E-state index in [1.165, 1.54) is 50.7 Å². The van der Waals surface area contributed by atoms with Gasteiger partial charge in [-0.15, -0.1) is 6.58 Å². The number of halogens is 2. The van der Waals surface area contributed by atoms with Crippen molar-refractivity contribution in [2.75, 3.05) is 0 Å². The molecule has 0 aromatic heterocycles. The molecule has 0 heterocycles. The van der Waals surface area contributed by atoms with Crippen LogP contribution in [0.2, 0.25) is 0 Å². The molecule has 2 aliphatic carbocycles. The molecule has 0 unspecified atom stereocenters. The standard InChI is InChI=1S/C27H36F2/c1-3-5-21-10-12-22(13-11-21)14-15-24-18-26(28)25(27(29)19-24)17-16-23-8-6-20(4-2)7-9-23/h4,18-23H,2-3,5-15H2,1H3/t20-,21-,22-,23-. The molecule has 0 bridgehead atoms. The molecule has 2 saturated carbocycles. The number of aryl methyl sites for hydroxylation is 1. The topological polar surface area (TPSA) is 0 Å². The van der Waals surface area contributed by atoms with Gasteiger partial charge in [0.05, 0.1) is 5.56 Å². The highest BCUT2D eigenvalue weighted by molar-refractivity contribution is 5.39. The molecule has 0 atom stereocenters. The lowest BCUT2D eigenvalue weighted by Crippen LogP contribution is -2.15. The monoisotopic (exact) mass is 398 g/mol. The molecule has 0 saturated heterocycles. The average molecular weight is 399 g/mol. The van der Waals surface area contributed by atoms with Gasteiger partial charge in [-0.25, -0.2) is 8.78 Å². The summed E-state index contributed by atoms with van der Waals surface area (Å²) >= 11 is 0. The van der Waals surface area contributed by atoms with Crippen molar-refractivity contribution >= 4 is 0 Å². The zero-order valence-electron chi connectivity index (χ0n) is 18.0. The van der Waals surface area contributed by atoms with Gasteiger partial charge >= 0.3 is 0 Å². The third kappa shape index (κ3) is 6.43. The number of rotatable bonds is 6. The predicted molar refractivity (Wildman–Crippen MR) is 118 cm³/mol. The van der Waals surface area contributed by atoms with Crippen LogP contribution < -0.4 is 0 Å². The van der Waals surface area contributed by atoms with Crippen molar-refractivity contribution in [1.82, 2.24) is 0 Å². The Labute approximate surface area is 176 Å². The second-order valence-corrected chi connectivity index (χ2v) is 9.27. The van der Waals surface area contributed by atoms with E-state index in [2.05, 4.69) is 25.3 Å². The van der Waals surface area contributed by atoms with Crippen molar-refractivity contribution in [3.8, 4) is 11.8 Å². The van der Waals surface area contributed by atoms with Crippen molar-refractivity contribution in [3.63, 3.8) is 0 Å². The molecule has 0 aliphatic heterocycles. The Balaban J connectivity index is 1.53. The maximum absolute atomic E-state index is 14.5. The van der Waals surface area contributed by atoms with Gasteiger partial charge in [0.15, 0.2) is 0 Å². The molecule has 2 aliphatic rings. The minimum absolute atomic E-state index is 0.0559. The van der Waals surface area contributed by atoms with Crippen molar-refractivity contribution in [1.29, 1.82) is 0 Å². The van der Waals surface area contributed by atoms with Gasteiger partial charge in [-0.1, -0.05) is 63.4 Å². The van der Waals surface area contributed by atoms with E-state index in [9.17, 15) is 8.78 Å². The van der Waals surface area contributed by atoms with Crippen LogP contribution >= 0.6 is 0 Å². The fraction of sp³-hybridized carbons (Fsp3) is 0.630. The molecular weight excluding hydrogens is 362 g/mol. The highest BCUT2D eigenvalue weighted by atomic mass is 19.1. The SMILES string of the molecule is C=C[C@H]1CC[C@H](C#Cc2c(F)cc(CC[C@H]3CC[C@H](CCC)CC3)cc2F)CC1. The van der Waals surface area contributed by atoms with Crippen LogP contribution in [0.3, 0.4) is 0 Å². The van der Waals surface area contributed by atoms with Gasteiger partial charge in [0.1, 0.15) is 11.6 Å². The van der Waals surface area contributed by atoms with E-state index in [-0.39, 0.29) is 11.5 Å². The Morgan fingerprint density at radius 1 is 0.931 bits per heavy atom. The molecule has 0 spiro atoms. The van der Waals surface area contributed by atoms with Crippen LogP contribution in [0.4, 0.5) is 8.78 Å². The second-order valence-electron chi connectivity index (χ2n) is 9.27. The first-order chi connectivity index (χ1) is 14.1. The highest BCUT2D eigenvalue weighted by Gasteiger charge is 2.21. The number of hydrogen-bond acceptors (Lipinski definition) is 0. The zero-order chi connectivity index (χ0) is 20.6. The summed E-state index contributed by atoms with van der Waals surface area (Å²) in [5, 5.41) is 0. The molecule has 2 fully saturated rings. The summed E-state index contributed by atoms with van der Waals surface area (Å²) in [6, 6.07) is 3.01. The Kier molecular flexibility index (Phi) is 8.34. The molecule has 1 aromatic carbocycles. The van der Waals surface area contributed by atoms with E-state index in [4.69, 9.17) is 0 Å². The van der Waals surface area contributed by atoms with Crippen LogP contribution in [-0.2, 0) is 6.42 Å². The van der Waals surface area contributed by atoms with Gasteiger partial charge in [0.25, 0.3) is 0 Å².